The summed E-state index contributed by atoms with van der Waals surface area (Å²) < 4.78 is 1.16. The largest absolute Gasteiger partial charge is 0.309 e. The lowest BCUT2D eigenvalue weighted by molar-refractivity contribution is 0.531. The first-order valence-corrected chi connectivity index (χ1v) is 8.81. The molecule has 108 valence electrons. The van der Waals surface area contributed by atoms with Gasteiger partial charge < -0.3 is 5.32 Å². The highest BCUT2D eigenvalue weighted by molar-refractivity contribution is 9.10. The maximum absolute atomic E-state index is 4.58. The van der Waals surface area contributed by atoms with Crippen molar-refractivity contribution < 1.29 is 0 Å². The van der Waals surface area contributed by atoms with Crippen molar-refractivity contribution in [3.8, 4) is 0 Å². The van der Waals surface area contributed by atoms with Crippen molar-refractivity contribution in [1.82, 2.24) is 10.3 Å². The van der Waals surface area contributed by atoms with Gasteiger partial charge >= 0.3 is 0 Å². The first-order chi connectivity index (χ1) is 9.72. The summed E-state index contributed by atoms with van der Waals surface area (Å²) in [6.07, 6.45) is 5.13. The molecule has 2 aromatic rings. The molecule has 0 saturated heterocycles. The highest BCUT2D eigenvalue weighted by atomic mass is 79.9. The molecule has 0 amide bonds. The number of halogens is 1. The van der Waals surface area contributed by atoms with Crippen LogP contribution in [0.2, 0.25) is 0 Å². The van der Waals surface area contributed by atoms with Crippen molar-refractivity contribution in [1.29, 1.82) is 0 Å². The summed E-state index contributed by atoms with van der Waals surface area (Å²) in [5.74, 6) is 0. The monoisotopic (exact) mass is 352 g/mol. The van der Waals surface area contributed by atoms with Gasteiger partial charge in [-0.25, -0.2) is 0 Å². The number of aryl methyl sites for hydroxylation is 1. The van der Waals surface area contributed by atoms with Gasteiger partial charge in [-0.2, -0.15) is 0 Å². The van der Waals surface area contributed by atoms with Crippen molar-refractivity contribution in [2.45, 2.75) is 39.2 Å². The zero-order valence-electron chi connectivity index (χ0n) is 12.0. The smallest absolute Gasteiger partial charge is 0.0471 e. The Bertz CT molecular complexity index is 522. The summed E-state index contributed by atoms with van der Waals surface area (Å²) in [5.41, 5.74) is 2.45. The summed E-state index contributed by atoms with van der Waals surface area (Å²) >= 11 is 5.34. The minimum Gasteiger partial charge on any atom is -0.309 e. The molecule has 4 heteroatoms. The van der Waals surface area contributed by atoms with E-state index in [9.17, 15) is 0 Å². The van der Waals surface area contributed by atoms with Crippen LogP contribution in [0.3, 0.4) is 0 Å². The van der Waals surface area contributed by atoms with Gasteiger partial charge in [-0.3, -0.25) is 4.98 Å². The maximum Gasteiger partial charge on any atom is 0.0471 e. The van der Waals surface area contributed by atoms with Crippen molar-refractivity contribution in [3.05, 3.63) is 50.4 Å². The third kappa shape index (κ3) is 4.40. The number of thiophene rings is 1. The van der Waals surface area contributed by atoms with Gasteiger partial charge in [-0.05, 0) is 53.0 Å². The third-order valence-corrected chi connectivity index (χ3v) is 5.09. The first-order valence-electron chi connectivity index (χ1n) is 7.14. The number of hydrogen-bond acceptors (Lipinski definition) is 3. The molecule has 0 fully saturated rings. The van der Waals surface area contributed by atoms with E-state index in [1.165, 1.54) is 10.4 Å². The van der Waals surface area contributed by atoms with Gasteiger partial charge in [0.2, 0.25) is 0 Å². The zero-order chi connectivity index (χ0) is 14.4. The molecule has 20 heavy (non-hydrogen) atoms. The lowest BCUT2D eigenvalue weighted by atomic mass is 10.1. The number of rotatable bonds is 7. The average molecular weight is 353 g/mol. The lowest BCUT2D eigenvalue weighted by Gasteiger charge is -2.17. The van der Waals surface area contributed by atoms with Gasteiger partial charge in [0.25, 0.3) is 0 Å². The molecule has 0 spiro atoms. The fraction of sp³-hybridized carbons (Fsp3) is 0.438. The van der Waals surface area contributed by atoms with Gasteiger partial charge in [0.15, 0.2) is 0 Å². The quantitative estimate of drug-likeness (QED) is 0.777. The highest BCUT2D eigenvalue weighted by Gasteiger charge is 2.14. The van der Waals surface area contributed by atoms with E-state index < -0.39 is 0 Å². The molecule has 1 atom stereocenters. The average Bonchev–Trinajstić information content (AvgIpc) is 2.90. The van der Waals surface area contributed by atoms with E-state index in [0.29, 0.717) is 6.04 Å². The van der Waals surface area contributed by atoms with Gasteiger partial charge in [0, 0.05) is 39.1 Å². The molecule has 2 heterocycles. The second kappa shape index (κ2) is 7.91. The number of pyridine rings is 1. The minimum atomic E-state index is 0.353. The van der Waals surface area contributed by atoms with E-state index in [-0.39, 0.29) is 0 Å². The van der Waals surface area contributed by atoms with Crippen molar-refractivity contribution in [3.63, 3.8) is 0 Å². The molecule has 2 nitrogen and oxygen atoms in total. The predicted octanol–water partition coefficient (Wildman–Crippen LogP) is 4.75. The number of nitrogens with one attached hydrogen (secondary N) is 1. The van der Waals surface area contributed by atoms with E-state index in [1.807, 2.05) is 6.20 Å². The van der Waals surface area contributed by atoms with Crippen LogP contribution in [0.1, 0.15) is 42.4 Å². The van der Waals surface area contributed by atoms with Gasteiger partial charge in [-0.15, -0.1) is 11.3 Å². The molecule has 0 aliphatic rings. The van der Waals surface area contributed by atoms with Crippen molar-refractivity contribution in [2.75, 3.05) is 6.54 Å². The van der Waals surface area contributed by atoms with Crippen LogP contribution in [-0.4, -0.2) is 11.5 Å². The number of hydrogen-bond donors (Lipinski definition) is 1. The SMILES string of the molecule is CCCNC(Cc1ccc(CC)cn1)c1cc(Br)cs1. The Morgan fingerprint density at radius 1 is 1.35 bits per heavy atom. The third-order valence-electron chi connectivity index (χ3n) is 3.28. The predicted molar refractivity (Wildman–Crippen MR) is 90.4 cm³/mol. The topological polar surface area (TPSA) is 24.9 Å². The molecule has 2 rings (SSSR count). The van der Waals surface area contributed by atoms with Gasteiger partial charge in [-0.1, -0.05) is 19.9 Å². The summed E-state index contributed by atoms with van der Waals surface area (Å²) in [7, 11) is 0. The van der Waals surface area contributed by atoms with Crippen LogP contribution < -0.4 is 5.32 Å². The van der Waals surface area contributed by atoms with E-state index in [2.05, 4.69) is 63.7 Å². The van der Waals surface area contributed by atoms with Crippen molar-refractivity contribution >= 4 is 27.3 Å². The van der Waals surface area contributed by atoms with Crippen molar-refractivity contribution in [2.24, 2.45) is 0 Å². The molecular weight excluding hydrogens is 332 g/mol. The second-order valence-electron chi connectivity index (χ2n) is 4.89. The summed E-state index contributed by atoms with van der Waals surface area (Å²) in [4.78, 5) is 5.95. The van der Waals surface area contributed by atoms with Gasteiger partial charge in [0.1, 0.15) is 0 Å². The Morgan fingerprint density at radius 2 is 2.20 bits per heavy atom. The van der Waals surface area contributed by atoms with Crippen LogP contribution in [0.4, 0.5) is 0 Å². The van der Waals surface area contributed by atoms with Crippen LogP contribution in [-0.2, 0) is 12.8 Å². The fourth-order valence-corrected chi connectivity index (χ4v) is 3.62. The molecular formula is C16H21BrN2S. The summed E-state index contributed by atoms with van der Waals surface area (Å²) in [6.45, 7) is 5.39. The van der Waals surface area contributed by atoms with E-state index in [0.717, 1.165) is 36.0 Å². The van der Waals surface area contributed by atoms with E-state index in [4.69, 9.17) is 0 Å². The Kier molecular flexibility index (Phi) is 6.20. The molecule has 0 saturated carbocycles. The van der Waals surface area contributed by atoms with Crippen LogP contribution in [0.15, 0.2) is 34.2 Å². The normalized spacial score (nSPS) is 12.6. The van der Waals surface area contributed by atoms with Crippen LogP contribution >= 0.6 is 27.3 Å². The Hall–Kier alpha value is -0.710. The first kappa shape index (κ1) is 15.7. The molecule has 0 bridgehead atoms. The van der Waals surface area contributed by atoms with E-state index in [1.54, 1.807) is 11.3 Å². The Labute approximate surface area is 133 Å². The maximum atomic E-state index is 4.58. The standard InChI is InChI=1S/C16H21BrN2S/c1-3-7-18-15(16-8-13(17)11-20-16)9-14-6-5-12(4-2)10-19-14/h5-6,8,10-11,15,18H,3-4,7,9H2,1-2H3. The Morgan fingerprint density at radius 3 is 2.75 bits per heavy atom. The van der Waals surface area contributed by atoms with Crippen LogP contribution in [0, 0.1) is 0 Å². The molecule has 0 aromatic carbocycles. The molecule has 2 aromatic heterocycles. The summed E-state index contributed by atoms with van der Waals surface area (Å²) in [6, 6.07) is 6.90. The second-order valence-corrected chi connectivity index (χ2v) is 6.75. The minimum absolute atomic E-state index is 0.353. The van der Waals surface area contributed by atoms with Crippen LogP contribution in [0.25, 0.3) is 0 Å². The molecule has 0 aliphatic heterocycles. The fourth-order valence-electron chi connectivity index (χ4n) is 2.10. The number of aromatic nitrogens is 1. The highest BCUT2D eigenvalue weighted by Crippen LogP contribution is 2.27. The molecule has 0 radical (unpaired) electrons. The molecule has 0 aliphatic carbocycles. The van der Waals surface area contributed by atoms with E-state index >= 15 is 0 Å². The summed E-state index contributed by atoms with van der Waals surface area (Å²) in [5, 5.41) is 5.77. The Balaban J connectivity index is 2.10. The zero-order valence-corrected chi connectivity index (χ0v) is 14.4. The number of nitrogens with zero attached hydrogens (tertiary/aromatic N) is 1. The molecule has 1 N–H and O–H groups in total. The lowest BCUT2D eigenvalue weighted by Crippen LogP contribution is -2.23. The van der Waals surface area contributed by atoms with Crippen LogP contribution in [0.5, 0.6) is 0 Å². The van der Waals surface area contributed by atoms with Gasteiger partial charge in [0.05, 0.1) is 0 Å². The molecule has 1 unspecified atom stereocenters.